The fraction of sp³-hybridized carbons (Fsp3) is 0.133. The van der Waals surface area contributed by atoms with Crippen LogP contribution in [-0.2, 0) is 0 Å². The minimum atomic E-state index is -0.529. The normalized spacial score (nSPS) is 10.3. The molecular formula is C15H16N2O3. The van der Waals surface area contributed by atoms with Crippen molar-refractivity contribution in [3.05, 3.63) is 47.0 Å². The number of carbonyl (C=O) groups is 1. The zero-order valence-electron chi connectivity index (χ0n) is 11.3. The Labute approximate surface area is 116 Å². The Bertz CT molecular complexity index is 681. The van der Waals surface area contributed by atoms with Crippen LogP contribution in [0, 0.1) is 13.8 Å². The van der Waals surface area contributed by atoms with Crippen LogP contribution in [0.1, 0.15) is 21.5 Å². The van der Waals surface area contributed by atoms with Crippen molar-refractivity contribution in [3.63, 3.8) is 0 Å². The number of phenols is 2. The van der Waals surface area contributed by atoms with Gasteiger partial charge in [-0.05, 0) is 49.2 Å². The first-order valence-corrected chi connectivity index (χ1v) is 6.09. The Morgan fingerprint density at radius 2 is 1.85 bits per heavy atom. The van der Waals surface area contributed by atoms with Crippen LogP contribution in [0.15, 0.2) is 30.3 Å². The number of amides is 1. The van der Waals surface area contributed by atoms with E-state index in [1.54, 1.807) is 6.07 Å². The van der Waals surface area contributed by atoms with Crippen LogP contribution >= 0.6 is 0 Å². The number of aryl methyl sites for hydroxylation is 1. The standard InChI is InChI=1S/C15H16N2O3/c1-8-3-5-12(16)14(9(8)2)17-15(20)11-7-10(18)4-6-13(11)19/h3-7,18-19H,16H2,1-2H3,(H,17,20). The molecule has 0 saturated heterocycles. The smallest absolute Gasteiger partial charge is 0.259 e. The number of anilines is 2. The summed E-state index contributed by atoms with van der Waals surface area (Å²) in [4.78, 5) is 12.2. The number of phenolic OH excluding ortho intramolecular Hbond substituents is 2. The van der Waals surface area contributed by atoms with E-state index in [0.29, 0.717) is 11.4 Å². The first kappa shape index (κ1) is 13.7. The molecule has 2 aromatic carbocycles. The Hall–Kier alpha value is -2.69. The van der Waals surface area contributed by atoms with Gasteiger partial charge in [0.2, 0.25) is 0 Å². The summed E-state index contributed by atoms with van der Waals surface area (Å²) in [6.45, 7) is 3.76. The van der Waals surface area contributed by atoms with Crippen LogP contribution in [0.5, 0.6) is 11.5 Å². The van der Waals surface area contributed by atoms with E-state index in [1.165, 1.54) is 18.2 Å². The van der Waals surface area contributed by atoms with E-state index in [2.05, 4.69) is 5.32 Å². The van der Waals surface area contributed by atoms with E-state index in [-0.39, 0.29) is 17.1 Å². The average Bonchev–Trinajstić information content (AvgIpc) is 2.41. The van der Waals surface area contributed by atoms with Gasteiger partial charge < -0.3 is 21.3 Å². The van der Waals surface area contributed by atoms with Gasteiger partial charge >= 0.3 is 0 Å². The molecule has 0 atom stereocenters. The number of benzene rings is 2. The second-order valence-electron chi connectivity index (χ2n) is 4.63. The molecule has 0 heterocycles. The maximum absolute atomic E-state index is 12.2. The van der Waals surface area contributed by atoms with Gasteiger partial charge in [-0.2, -0.15) is 0 Å². The van der Waals surface area contributed by atoms with Crippen LogP contribution in [-0.4, -0.2) is 16.1 Å². The lowest BCUT2D eigenvalue weighted by Gasteiger charge is -2.14. The van der Waals surface area contributed by atoms with Gasteiger partial charge in [0.1, 0.15) is 11.5 Å². The third kappa shape index (κ3) is 2.51. The number of nitrogens with two attached hydrogens (primary N) is 1. The molecule has 0 aliphatic heterocycles. The summed E-state index contributed by atoms with van der Waals surface area (Å²) in [5, 5.41) is 21.7. The molecule has 0 bridgehead atoms. The molecular weight excluding hydrogens is 256 g/mol. The molecule has 0 saturated carbocycles. The lowest BCUT2D eigenvalue weighted by molar-refractivity contribution is 0.102. The third-order valence-corrected chi connectivity index (χ3v) is 3.23. The zero-order valence-corrected chi connectivity index (χ0v) is 11.3. The lowest BCUT2D eigenvalue weighted by Crippen LogP contribution is -2.14. The van der Waals surface area contributed by atoms with Crippen molar-refractivity contribution in [2.75, 3.05) is 11.1 Å². The molecule has 0 spiro atoms. The van der Waals surface area contributed by atoms with Crippen molar-refractivity contribution in [1.82, 2.24) is 0 Å². The van der Waals surface area contributed by atoms with Crippen LogP contribution in [0.3, 0.4) is 0 Å². The molecule has 5 heteroatoms. The van der Waals surface area contributed by atoms with Gasteiger partial charge in [0.15, 0.2) is 0 Å². The fourth-order valence-electron chi connectivity index (χ4n) is 1.89. The summed E-state index contributed by atoms with van der Waals surface area (Å²) < 4.78 is 0. The van der Waals surface area contributed by atoms with Crippen LogP contribution in [0.2, 0.25) is 0 Å². The van der Waals surface area contributed by atoms with E-state index < -0.39 is 5.91 Å². The number of hydrogen-bond donors (Lipinski definition) is 4. The highest BCUT2D eigenvalue weighted by Crippen LogP contribution is 2.28. The number of rotatable bonds is 2. The topological polar surface area (TPSA) is 95.6 Å². The van der Waals surface area contributed by atoms with Crippen LogP contribution < -0.4 is 11.1 Å². The van der Waals surface area contributed by atoms with E-state index >= 15 is 0 Å². The van der Waals surface area contributed by atoms with Crippen molar-refractivity contribution in [3.8, 4) is 11.5 Å². The van der Waals surface area contributed by atoms with E-state index in [1.807, 2.05) is 19.9 Å². The predicted molar refractivity (Wildman–Crippen MR) is 78.1 cm³/mol. The molecule has 2 aromatic rings. The molecule has 0 aromatic heterocycles. The SMILES string of the molecule is Cc1ccc(N)c(NC(=O)c2cc(O)ccc2O)c1C. The van der Waals surface area contributed by atoms with E-state index in [0.717, 1.165) is 11.1 Å². The molecule has 2 rings (SSSR count). The molecule has 104 valence electrons. The van der Waals surface area contributed by atoms with Crippen molar-refractivity contribution >= 4 is 17.3 Å². The largest absolute Gasteiger partial charge is 0.508 e. The molecule has 5 N–H and O–H groups in total. The summed E-state index contributed by atoms with van der Waals surface area (Å²) >= 11 is 0. The molecule has 1 amide bonds. The van der Waals surface area contributed by atoms with Gasteiger partial charge in [0, 0.05) is 0 Å². The highest BCUT2D eigenvalue weighted by Gasteiger charge is 2.15. The monoisotopic (exact) mass is 272 g/mol. The quantitative estimate of drug-likeness (QED) is 0.499. The number of carbonyl (C=O) groups excluding carboxylic acids is 1. The second-order valence-corrected chi connectivity index (χ2v) is 4.63. The van der Waals surface area contributed by atoms with Crippen molar-refractivity contribution in [1.29, 1.82) is 0 Å². The van der Waals surface area contributed by atoms with Crippen molar-refractivity contribution in [2.24, 2.45) is 0 Å². The summed E-state index contributed by atoms with van der Waals surface area (Å²) in [6.07, 6.45) is 0. The minimum absolute atomic E-state index is 0.00898. The highest BCUT2D eigenvalue weighted by molar-refractivity contribution is 6.08. The highest BCUT2D eigenvalue weighted by atomic mass is 16.3. The second kappa shape index (κ2) is 5.13. The van der Waals surface area contributed by atoms with Gasteiger partial charge in [-0.25, -0.2) is 0 Å². The maximum Gasteiger partial charge on any atom is 0.259 e. The molecule has 0 aliphatic rings. The number of nitrogens with one attached hydrogen (secondary N) is 1. The van der Waals surface area contributed by atoms with E-state index in [4.69, 9.17) is 5.73 Å². The number of nitrogen functional groups attached to an aromatic ring is 1. The van der Waals surface area contributed by atoms with E-state index in [9.17, 15) is 15.0 Å². The molecule has 0 radical (unpaired) electrons. The zero-order chi connectivity index (χ0) is 14.9. The first-order valence-electron chi connectivity index (χ1n) is 6.09. The van der Waals surface area contributed by atoms with Crippen LogP contribution in [0.25, 0.3) is 0 Å². The number of aromatic hydroxyl groups is 2. The van der Waals surface area contributed by atoms with Gasteiger partial charge in [-0.1, -0.05) is 6.07 Å². The van der Waals surface area contributed by atoms with Gasteiger partial charge in [-0.3, -0.25) is 4.79 Å². The average molecular weight is 272 g/mol. The lowest BCUT2D eigenvalue weighted by atomic mass is 10.1. The first-order chi connectivity index (χ1) is 9.40. The fourth-order valence-corrected chi connectivity index (χ4v) is 1.89. The minimum Gasteiger partial charge on any atom is -0.508 e. The summed E-state index contributed by atoms with van der Waals surface area (Å²) in [5.74, 6) is -0.829. The van der Waals surface area contributed by atoms with Crippen LogP contribution in [0.4, 0.5) is 11.4 Å². The maximum atomic E-state index is 12.2. The number of hydrogen-bond acceptors (Lipinski definition) is 4. The molecule has 0 fully saturated rings. The Morgan fingerprint density at radius 3 is 2.55 bits per heavy atom. The molecule has 5 nitrogen and oxygen atoms in total. The molecule has 20 heavy (non-hydrogen) atoms. The van der Waals surface area contributed by atoms with Gasteiger partial charge in [0.25, 0.3) is 5.91 Å². The van der Waals surface area contributed by atoms with Gasteiger partial charge in [-0.15, -0.1) is 0 Å². The van der Waals surface area contributed by atoms with Gasteiger partial charge in [0.05, 0.1) is 16.9 Å². The third-order valence-electron chi connectivity index (χ3n) is 3.23. The summed E-state index contributed by atoms with van der Waals surface area (Å²) in [6, 6.07) is 7.34. The predicted octanol–water partition coefficient (Wildman–Crippen LogP) is 2.55. The summed E-state index contributed by atoms with van der Waals surface area (Å²) in [5.41, 5.74) is 8.66. The summed E-state index contributed by atoms with van der Waals surface area (Å²) in [7, 11) is 0. The van der Waals surface area contributed by atoms with Crippen molar-refractivity contribution in [2.45, 2.75) is 13.8 Å². The van der Waals surface area contributed by atoms with Crippen molar-refractivity contribution < 1.29 is 15.0 Å². The molecule has 0 aliphatic carbocycles. The molecule has 0 unspecified atom stereocenters. The Kier molecular flexibility index (Phi) is 3.52. The Morgan fingerprint density at radius 1 is 1.15 bits per heavy atom. The Balaban J connectivity index is 2.38.